The lowest BCUT2D eigenvalue weighted by molar-refractivity contribution is 0.0459. The third-order valence-corrected chi connectivity index (χ3v) is 3.47. The molecule has 0 fully saturated rings. The third-order valence-electron chi connectivity index (χ3n) is 3.47. The van der Waals surface area contributed by atoms with Crippen LogP contribution in [0.1, 0.15) is 34.6 Å². The van der Waals surface area contributed by atoms with Gasteiger partial charge in [0.15, 0.2) is 0 Å². The van der Waals surface area contributed by atoms with Crippen molar-refractivity contribution in [2.75, 3.05) is 0 Å². The fourth-order valence-corrected chi connectivity index (χ4v) is 2.33. The van der Waals surface area contributed by atoms with Crippen LogP contribution in [0.2, 0.25) is 0 Å². The number of nitrogens with zero attached hydrogens (tertiary/aromatic N) is 2. The maximum atomic E-state index is 12.2. The summed E-state index contributed by atoms with van der Waals surface area (Å²) in [5, 5.41) is 4.31. The van der Waals surface area contributed by atoms with Gasteiger partial charge in [-0.25, -0.2) is 9.78 Å². The van der Waals surface area contributed by atoms with Crippen molar-refractivity contribution >= 4 is 16.9 Å². The Bertz CT molecular complexity index is 926. The first-order chi connectivity index (χ1) is 11.1. The van der Waals surface area contributed by atoms with Gasteiger partial charge >= 0.3 is 5.97 Å². The number of nitrogens with one attached hydrogen (secondary N) is 1. The van der Waals surface area contributed by atoms with Crippen molar-refractivity contribution < 1.29 is 14.1 Å². The SMILES string of the molecule is CCc1noc(C)c1C(=O)OCc1nc2ccccc2c(=O)[nH]1. The number of ether oxygens (including phenoxy) is 1. The maximum absolute atomic E-state index is 12.2. The Morgan fingerprint density at radius 2 is 2.13 bits per heavy atom. The van der Waals surface area contributed by atoms with Gasteiger partial charge in [-0.15, -0.1) is 0 Å². The molecule has 3 rings (SSSR count). The molecule has 0 aliphatic rings. The van der Waals surface area contributed by atoms with Crippen molar-refractivity contribution in [3.05, 3.63) is 57.5 Å². The number of para-hydroxylation sites is 1. The largest absolute Gasteiger partial charge is 0.454 e. The van der Waals surface area contributed by atoms with E-state index in [1.54, 1.807) is 31.2 Å². The third kappa shape index (κ3) is 2.85. The van der Waals surface area contributed by atoms with Crippen molar-refractivity contribution in [3.8, 4) is 0 Å². The number of aromatic nitrogens is 3. The molecular weight excluding hydrogens is 298 g/mol. The Morgan fingerprint density at radius 1 is 1.35 bits per heavy atom. The Morgan fingerprint density at radius 3 is 2.91 bits per heavy atom. The standard InChI is InChI=1S/C16H15N3O4/c1-3-11-14(9(2)23-19-11)16(21)22-8-13-17-12-7-5-4-6-10(12)15(20)18-13/h4-7H,3,8H2,1-2H3,(H,17,18,20). The van der Waals surface area contributed by atoms with Crippen LogP contribution in [-0.4, -0.2) is 21.1 Å². The van der Waals surface area contributed by atoms with E-state index in [1.807, 2.05) is 6.92 Å². The Kier molecular flexibility index (Phi) is 3.92. The molecule has 0 atom stereocenters. The normalized spacial score (nSPS) is 10.9. The number of rotatable bonds is 4. The summed E-state index contributed by atoms with van der Waals surface area (Å²) >= 11 is 0. The van der Waals surface area contributed by atoms with E-state index in [9.17, 15) is 9.59 Å². The molecule has 7 nitrogen and oxygen atoms in total. The number of hydrogen-bond donors (Lipinski definition) is 1. The summed E-state index contributed by atoms with van der Waals surface area (Å²) in [6, 6.07) is 6.97. The van der Waals surface area contributed by atoms with Crippen LogP contribution in [0, 0.1) is 6.92 Å². The minimum absolute atomic E-state index is 0.132. The van der Waals surface area contributed by atoms with Crippen molar-refractivity contribution in [1.29, 1.82) is 0 Å². The molecule has 2 heterocycles. The fraction of sp³-hybridized carbons (Fsp3) is 0.250. The van der Waals surface area contributed by atoms with Crippen molar-refractivity contribution in [2.45, 2.75) is 26.9 Å². The van der Waals surface area contributed by atoms with Crippen molar-refractivity contribution in [1.82, 2.24) is 15.1 Å². The van der Waals surface area contributed by atoms with E-state index in [-0.39, 0.29) is 18.0 Å². The zero-order chi connectivity index (χ0) is 16.4. The van der Waals surface area contributed by atoms with Crippen LogP contribution in [0.3, 0.4) is 0 Å². The van der Waals surface area contributed by atoms with Crippen LogP contribution in [-0.2, 0) is 17.8 Å². The smallest absolute Gasteiger partial charge is 0.344 e. The number of esters is 1. The Hall–Kier alpha value is -2.96. The maximum Gasteiger partial charge on any atom is 0.344 e. The molecule has 0 spiro atoms. The number of hydrogen-bond acceptors (Lipinski definition) is 6. The zero-order valence-electron chi connectivity index (χ0n) is 12.8. The number of benzene rings is 1. The van der Waals surface area contributed by atoms with Gasteiger partial charge in [0.2, 0.25) is 0 Å². The van der Waals surface area contributed by atoms with Gasteiger partial charge in [0.25, 0.3) is 5.56 Å². The highest BCUT2D eigenvalue weighted by molar-refractivity contribution is 5.91. The molecule has 3 aromatic rings. The molecule has 118 valence electrons. The second-order valence-electron chi connectivity index (χ2n) is 5.02. The van der Waals surface area contributed by atoms with Crippen LogP contribution >= 0.6 is 0 Å². The molecule has 0 unspecified atom stereocenters. The molecule has 0 radical (unpaired) electrons. The number of aromatic amines is 1. The molecule has 2 aromatic heterocycles. The van der Waals surface area contributed by atoms with Gasteiger partial charge in [-0.3, -0.25) is 4.79 Å². The number of carbonyl (C=O) groups is 1. The predicted molar refractivity (Wildman–Crippen MR) is 82.1 cm³/mol. The highest BCUT2D eigenvalue weighted by atomic mass is 16.5. The lowest BCUT2D eigenvalue weighted by Gasteiger charge is -2.05. The molecular formula is C16H15N3O4. The summed E-state index contributed by atoms with van der Waals surface area (Å²) in [6.45, 7) is 3.39. The van der Waals surface area contributed by atoms with Gasteiger partial charge in [-0.05, 0) is 25.5 Å². The average Bonchev–Trinajstić information content (AvgIpc) is 2.93. The van der Waals surface area contributed by atoms with Crippen LogP contribution in [0.4, 0.5) is 0 Å². The van der Waals surface area contributed by atoms with Crippen molar-refractivity contribution in [2.24, 2.45) is 0 Å². The first kappa shape index (κ1) is 15.0. The summed E-state index contributed by atoms with van der Waals surface area (Å²) in [5.41, 5.74) is 1.16. The van der Waals surface area contributed by atoms with E-state index in [2.05, 4.69) is 15.1 Å². The molecule has 0 saturated carbocycles. The fourth-order valence-electron chi connectivity index (χ4n) is 2.33. The van der Waals surface area contributed by atoms with E-state index in [0.717, 1.165) is 0 Å². The Balaban J connectivity index is 1.82. The number of fused-ring (bicyclic) bond motifs is 1. The lowest BCUT2D eigenvalue weighted by Crippen LogP contribution is -2.15. The number of carbonyl (C=O) groups excluding carboxylic acids is 1. The second-order valence-corrected chi connectivity index (χ2v) is 5.02. The highest BCUT2D eigenvalue weighted by Gasteiger charge is 2.20. The predicted octanol–water partition coefficient (Wildman–Crippen LogP) is 2.14. The van der Waals surface area contributed by atoms with Crippen LogP contribution in [0.15, 0.2) is 33.6 Å². The van der Waals surface area contributed by atoms with Crippen molar-refractivity contribution in [3.63, 3.8) is 0 Å². The van der Waals surface area contributed by atoms with E-state index in [0.29, 0.717) is 34.3 Å². The summed E-state index contributed by atoms with van der Waals surface area (Å²) in [5.74, 6) is 0.150. The molecule has 7 heteroatoms. The highest BCUT2D eigenvalue weighted by Crippen LogP contribution is 2.16. The van der Waals surface area contributed by atoms with Crippen LogP contribution < -0.4 is 5.56 Å². The molecule has 1 N–H and O–H groups in total. The van der Waals surface area contributed by atoms with Gasteiger partial charge in [-0.2, -0.15) is 0 Å². The quantitative estimate of drug-likeness (QED) is 0.741. The van der Waals surface area contributed by atoms with Gasteiger partial charge in [0.05, 0.1) is 16.6 Å². The number of H-pyrrole nitrogens is 1. The van der Waals surface area contributed by atoms with Crippen LogP contribution in [0.25, 0.3) is 10.9 Å². The molecule has 0 aliphatic heterocycles. The Labute approximate surface area is 131 Å². The van der Waals surface area contributed by atoms with E-state index < -0.39 is 5.97 Å². The first-order valence-corrected chi connectivity index (χ1v) is 7.20. The molecule has 0 bridgehead atoms. The average molecular weight is 313 g/mol. The molecule has 1 aromatic carbocycles. The molecule has 0 amide bonds. The summed E-state index contributed by atoms with van der Waals surface area (Å²) in [6.07, 6.45) is 0.562. The topological polar surface area (TPSA) is 98.1 Å². The second kappa shape index (κ2) is 6.04. The monoisotopic (exact) mass is 313 g/mol. The summed E-state index contributed by atoms with van der Waals surface area (Å²) < 4.78 is 10.2. The minimum atomic E-state index is -0.545. The van der Waals surface area contributed by atoms with Gasteiger partial charge in [0, 0.05) is 0 Å². The minimum Gasteiger partial charge on any atom is -0.454 e. The van der Waals surface area contributed by atoms with E-state index in [1.165, 1.54) is 0 Å². The van der Waals surface area contributed by atoms with E-state index in [4.69, 9.17) is 9.26 Å². The zero-order valence-corrected chi connectivity index (χ0v) is 12.8. The van der Waals surface area contributed by atoms with E-state index >= 15 is 0 Å². The first-order valence-electron chi connectivity index (χ1n) is 7.20. The molecule has 0 saturated heterocycles. The van der Waals surface area contributed by atoms with Crippen LogP contribution in [0.5, 0.6) is 0 Å². The summed E-state index contributed by atoms with van der Waals surface area (Å²) in [4.78, 5) is 31.0. The molecule has 0 aliphatic carbocycles. The lowest BCUT2D eigenvalue weighted by atomic mass is 10.1. The van der Waals surface area contributed by atoms with Gasteiger partial charge < -0.3 is 14.2 Å². The molecule has 23 heavy (non-hydrogen) atoms. The summed E-state index contributed by atoms with van der Waals surface area (Å²) in [7, 11) is 0. The van der Waals surface area contributed by atoms with Gasteiger partial charge in [0.1, 0.15) is 23.8 Å². The van der Waals surface area contributed by atoms with Gasteiger partial charge in [-0.1, -0.05) is 24.2 Å². The number of aryl methyl sites for hydroxylation is 2.